The third-order valence-electron chi connectivity index (χ3n) is 2.27. The standard InChI is InChI=1S/C10H18N2O4S/c1-10(2,3)7(13)5-9-11-8(12-16-9)6-17(4,14)15/h7,13H,5-6H2,1-4H3. The van der Waals surface area contributed by atoms with Crippen molar-refractivity contribution in [2.75, 3.05) is 6.26 Å². The zero-order chi connectivity index (χ0) is 13.3. The van der Waals surface area contributed by atoms with Crippen LogP contribution in [-0.4, -0.2) is 36.0 Å². The predicted octanol–water partition coefficient (Wildman–Crippen LogP) is 0.564. The van der Waals surface area contributed by atoms with Crippen LogP contribution < -0.4 is 0 Å². The van der Waals surface area contributed by atoms with Crippen LogP contribution in [0.5, 0.6) is 0 Å². The minimum Gasteiger partial charge on any atom is -0.392 e. The second-order valence-electron chi connectivity index (χ2n) is 5.26. The lowest BCUT2D eigenvalue weighted by Gasteiger charge is -2.24. The molecule has 1 aromatic rings. The van der Waals surface area contributed by atoms with Gasteiger partial charge in [0.05, 0.1) is 12.5 Å². The van der Waals surface area contributed by atoms with Crippen molar-refractivity contribution >= 4 is 9.84 Å². The van der Waals surface area contributed by atoms with Crippen LogP contribution >= 0.6 is 0 Å². The van der Waals surface area contributed by atoms with Crippen molar-refractivity contribution in [1.82, 2.24) is 10.1 Å². The molecule has 17 heavy (non-hydrogen) atoms. The van der Waals surface area contributed by atoms with E-state index in [4.69, 9.17) is 4.52 Å². The molecule has 0 radical (unpaired) electrons. The van der Waals surface area contributed by atoms with Gasteiger partial charge in [-0.05, 0) is 5.41 Å². The summed E-state index contributed by atoms with van der Waals surface area (Å²) in [6.45, 7) is 5.68. The number of sulfone groups is 1. The van der Waals surface area contributed by atoms with E-state index in [-0.39, 0.29) is 29.3 Å². The van der Waals surface area contributed by atoms with E-state index >= 15 is 0 Å². The molecule has 1 atom stereocenters. The SMILES string of the molecule is CC(C)(C)C(O)Cc1nc(CS(C)(=O)=O)no1. The van der Waals surface area contributed by atoms with Crippen molar-refractivity contribution < 1.29 is 18.0 Å². The highest BCUT2D eigenvalue weighted by Gasteiger charge is 2.25. The lowest BCUT2D eigenvalue weighted by atomic mass is 9.87. The topological polar surface area (TPSA) is 93.3 Å². The van der Waals surface area contributed by atoms with Crippen LogP contribution in [0.3, 0.4) is 0 Å². The molecule has 0 aromatic carbocycles. The van der Waals surface area contributed by atoms with Crippen LogP contribution in [0.25, 0.3) is 0 Å². The van der Waals surface area contributed by atoms with E-state index in [9.17, 15) is 13.5 Å². The van der Waals surface area contributed by atoms with Gasteiger partial charge in [0.25, 0.3) is 0 Å². The maximum Gasteiger partial charge on any atom is 0.229 e. The third-order valence-corrected chi connectivity index (χ3v) is 3.05. The van der Waals surface area contributed by atoms with Crippen LogP contribution in [0, 0.1) is 5.41 Å². The van der Waals surface area contributed by atoms with Gasteiger partial charge >= 0.3 is 0 Å². The third kappa shape index (κ3) is 4.82. The minimum absolute atomic E-state index is 0.128. The van der Waals surface area contributed by atoms with Crippen LogP contribution in [0.1, 0.15) is 32.5 Å². The monoisotopic (exact) mass is 262 g/mol. The normalized spacial score (nSPS) is 14.9. The summed E-state index contributed by atoms with van der Waals surface area (Å²) in [5.74, 6) is 0.136. The Morgan fingerprint density at radius 2 is 2.00 bits per heavy atom. The van der Waals surface area contributed by atoms with E-state index in [1.54, 1.807) is 0 Å². The van der Waals surface area contributed by atoms with Crippen molar-refractivity contribution in [1.29, 1.82) is 0 Å². The lowest BCUT2D eigenvalue weighted by molar-refractivity contribution is 0.0565. The van der Waals surface area contributed by atoms with E-state index in [1.165, 1.54) is 0 Å². The van der Waals surface area contributed by atoms with E-state index in [1.807, 2.05) is 20.8 Å². The molecule has 1 heterocycles. The van der Waals surface area contributed by atoms with Crippen molar-refractivity contribution in [2.45, 2.75) is 39.0 Å². The Labute approximate surface area is 101 Å². The zero-order valence-electron chi connectivity index (χ0n) is 10.5. The van der Waals surface area contributed by atoms with E-state index < -0.39 is 15.9 Å². The molecule has 1 aromatic heterocycles. The van der Waals surface area contributed by atoms with Crippen molar-refractivity contribution in [3.05, 3.63) is 11.7 Å². The van der Waals surface area contributed by atoms with Gasteiger partial charge in [-0.15, -0.1) is 0 Å². The first-order valence-electron chi connectivity index (χ1n) is 5.25. The first-order valence-corrected chi connectivity index (χ1v) is 7.31. The first kappa shape index (κ1) is 14.1. The molecule has 1 rings (SSSR count). The molecule has 0 amide bonds. The second kappa shape index (κ2) is 4.73. The predicted molar refractivity (Wildman–Crippen MR) is 62.0 cm³/mol. The Morgan fingerprint density at radius 3 is 2.47 bits per heavy atom. The maximum absolute atomic E-state index is 11.0. The van der Waals surface area contributed by atoms with E-state index in [0.717, 1.165) is 6.26 Å². The van der Waals surface area contributed by atoms with Gasteiger partial charge in [0.1, 0.15) is 5.75 Å². The van der Waals surface area contributed by atoms with Crippen molar-refractivity contribution in [2.24, 2.45) is 5.41 Å². The van der Waals surface area contributed by atoms with Gasteiger partial charge in [-0.3, -0.25) is 0 Å². The fraction of sp³-hybridized carbons (Fsp3) is 0.800. The van der Waals surface area contributed by atoms with E-state index in [0.29, 0.717) is 0 Å². The average Bonchev–Trinajstić information content (AvgIpc) is 2.47. The summed E-state index contributed by atoms with van der Waals surface area (Å²) >= 11 is 0. The van der Waals surface area contributed by atoms with E-state index in [2.05, 4.69) is 10.1 Å². The zero-order valence-corrected chi connectivity index (χ0v) is 11.3. The fourth-order valence-corrected chi connectivity index (χ4v) is 1.72. The van der Waals surface area contributed by atoms with Gasteiger partial charge in [-0.25, -0.2) is 8.42 Å². The highest BCUT2D eigenvalue weighted by molar-refractivity contribution is 7.89. The number of aliphatic hydroxyl groups is 1. The highest BCUT2D eigenvalue weighted by atomic mass is 32.2. The second-order valence-corrected chi connectivity index (χ2v) is 7.40. The highest BCUT2D eigenvalue weighted by Crippen LogP contribution is 2.21. The van der Waals surface area contributed by atoms with Crippen LogP contribution in [0.4, 0.5) is 0 Å². The molecule has 0 aliphatic heterocycles. The Morgan fingerprint density at radius 1 is 1.41 bits per heavy atom. The number of hydrogen-bond acceptors (Lipinski definition) is 6. The molecule has 0 bridgehead atoms. The molecular weight excluding hydrogens is 244 g/mol. The smallest absolute Gasteiger partial charge is 0.229 e. The molecule has 6 nitrogen and oxygen atoms in total. The molecule has 1 N–H and O–H groups in total. The fourth-order valence-electron chi connectivity index (χ4n) is 1.14. The maximum atomic E-state index is 11.0. The quantitative estimate of drug-likeness (QED) is 0.852. The van der Waals surface area contributed by atoms with Gasteiger partial charge in [0.2, 0.25) is 5.89 Å². The molecule has 1 unspecified atom stereocenters. The summed E-state index contributed by atoms with van der Waals surface area (Å²) in [5.41, 5.74) is -0.286. The van der Waals surface area contributed by atoms with Gasteiger partial charge in [0.15, 0.2) is 15.7 Å². The minimum atomic E-state index is -3.17. The number of aliphatic hydroxyl groups excluding tert-OH is 1. The molecule has 0 saturated heterocycles. The van der Waals surface area contributed by atoms with Crippen LogP contribution in [-0.2, 0) is 22.0 Å². The van der Waals surface area contributed by atoms with Crippen LogP contribution in [0.2, 0.25) is 0 Å². The number of rotatable bonds is 4. The summed E-state index contributed by atoms with van der Waals surface area (Å²) in [4.78, 5) is 3.93. The lowest BCUT2D eigenvalue weighted by Crippen LogP contribution is -2.28. The Bertz CT molecular complexity index is 473. The molecule has 98 valence electrons. The Balaban J connectivity index is 2.70. The molecule has 0 fully saturated rings. The Kier molecular flexibility index (Phi) is 3.93. The summed E-state index contributed by atoms with van der Waals surface area (Å²) < 4.78 is 26.9. The van der Waals surface area contributed by atoms with Crippen molar-refractivity contribution in [3.63, 3.8) is 0 Å². The molecule has 0 aliphatic rings. The molecular formula is C10H18N2O4S. The van der Waals surface area contributed by atoms with Crippen molar-refractivity contribution in [3.8, 4) is 0 Å². The average molecular weight is 262 g/mol. The Hall–Kier alpha value is -0.950. The van der Waals surface area contributed by atoms with Crippen LogP contribution in [0.15, 0.2) is 4.52 Å². The summed E-state index contributed by atoms with van der Waals surface area (Å²) in [6.07, 6.45) is 0.710. The van der Waals surface area contributed by atoms with Gasteiger partial charge in [-0.1, -0.05) is 25.9 Å². The summed E-state index contributed by atoms with van der Waals surface area (Å²) in [7, 11) is -3.17. The number of hydrogen-bond donors (Lipinski definition) is 1. The summed E-state index contributed by atoms with van der Waals surface area (Å²) in [5, 5.41) is 13.4. The largest absolute Gasteiger partial charge is 0.392 e. The number of nitrogens with zero attached hydrogens (tertiary/aromatic N) is 2. The molecule has 0 spiro atoms. The van der Waals surface area contributed by atoms with Gasteiger partial charge in [0, 0.05) is 6.26 Å². The first-order chi connectivity index (χ1) is 7.58. The summed E-state index contributed by atoms with van der Waals surface area (Å²) in [6, 6.07) is 0. The number of aromatic nitrogens is 2. The molecule has 0 saturated carbocycles. The van der Waals surface area contributed by atoms with Gasteiger partial charge in [-0.2, -0.15) is 4.98 Å². The molecule has 0 aliphatic carbocycles. The van der Waals surface area contributed by atoms with Gasteiger partial charge < -0.3 is 9.63 Å². The molecule has 7 heteroatoms.